The maximum atomic E-state index is 2.33. The summed E-state index contributed by atoms with van der Waals surface area (Å²) in [4.78, 5) is 0. The molecule has 2 aromatic carbocycles. The van der Waals surface area contributed by atoms with Gasteiger partial charge in [-0.05, 0) is 41.2 Å². The molecule has 2 aromatic rings. The highest BCUT2D eigenvalue weighted by molar-refractivity contribution is 5.81. The highest BCUT2D eigenvalue weighted by atomic mass is 15.0. The van der Waals surface area contributed by atoms with Crippen LogP contribution in [0.25, 0.3) is 0 Å². The van der Waals surface area contributed by atoms with E-state index in [1.807, 2.05) is 0 Å². The first-order valence-electron chi connectivity index (χ1n) is 7.07. The number of benzene rings is 2. The summed E-state index contributed by atoms with van der Waals surface area (Å²) < 4.78 is 2.33. The Morgan fingerprint density at radius 3 is 2.68 bits per heavy atom. The molecule has 1 atom stereocenters. The first-order valence-corrected chi connectivity index (χ1v) is 7.07. The molecule has 0 aromatic heterocycles. The van der Waals surface area contributed by atoms with E-state index in [0.29, 0.717) is 5.92 Å². The molecule has 4 rings (SSSR count). The molecule has 19 heavy (non-hydrogen) atoms. The van der Waals surface area contributed by atoms with Crippen LogP contribution in [0.1, 0.15) is 33.7 Å². The number of rotatable bonds is 0. The monoisotopic (exact) mass is 248 g/mol. The average molecular weight is 248 g/mol. The minimum Gasteiger partial charge on any atom is -0.237 e. The summed E-state index contributed by atoms with van der Waals surface area (Å²) in [7, 11) is 2.18. The van der Waals surface area contributed by atoms with Crippen molar-refractivity contribution in [2.24, 2.45) is 0 Å². The van der Waals surface area contributed by atoms with Gasteiger partial charge in [-0.1, -0.05) is 36.4 Å². The van der Waals surface area contributed by atoms with E-state index in [1.54, 1.807) is 11.1 Å². The maximum absolute atomic E-state index is 2.33. The lowest BCUT2D eigenvalue weighted by Gasteiger charge is -2.23. The minimum atomic E-state index is 0.542. The lowest BCUT2D eigenvalue weighted by Crippen LogP contribution is -2.25. The maximum Gasteiger partial charge on any atom is 0.170 e. The van der Waals surface area contributed by atoms with E-state index in [2.05, 4.69) is 60.3 Å². The number of nitrogens with zero attached hydrogens (tertiary/aromatic N) is 1. The van der Waals surface area contributed by atoms with Gasteiger partial charge < -0.3 is 0 Å². The third kappa shape index (κ3) is 1.65. The van der Waals surface area contributed by atoms with Crippen LogP contribution >= 0.6 is 0 Å². The molecule has 1 heteroatoms. The van der Waals surface area contributed by atoms with E-state index >= 15 is 0 Å². The van der Waals surface area contributed by atoms with Crippen LogP contribution in [-0.4, -0.2) is 24.4 Å². The molecule has 0 amide bonds. The molecule has 0 saturated heterocycles. The predicted octanol–water partition coefficient (Wildman–Crippen LogP) is 2.99. The zero-order valence-corrected chi connectivity index (χ0v) is 11.3. The summed E-state index contributed by atoms with van der Waals surface area (Å²) in [5, 5.41) is 0. The Morgan fingerprint density at radius 2 is 1.74 bits per heavy atom. The molecule has 0 saturated carbocycles. The topological polar surface area (TPSA) is 3.01 Å². The lowest BCUT2D eigenvalue weighted by atomic mass is 9.83. The molecule has 0 N–H and O–H groups in total. The molecule has 0 spiro atoms. The van der Waals surface area contributed by atoms with Gasteiger partial charge in [0, 0.05) is 5.56 Å². The van der Waals surface area contributed by atoms with E-state index in [1.165, 1.54) is 29.5 Å². The van der Waals surface area contributed by atoms with Crippen LogP contribution in [-0.2, 0) is 12.8 Å². The fraction of sp³-hybridized carbons (Fsp3) is 0.278. The van der Waals surface area contributed by atoms with Crippen LogP contribution in [0.5, 0.6) is 0 Å². The van der Waals surface area contributed by atoms with Crippen molar-refractivity contribution in [1.82, 2.24) is 0 Å². The molecule has 0 bridgehead atoms. The van der Waals surface area contributed by atoms with E-state index in [9.17, 15) is 0 Å². The number of fused-ring (bicyclic) bond motifs is 2. The summed E-state index contributed by atoms with van der Waals surface area (Å²) >= 11 is 0. The average Bonchev–Trinajstić information content (AvgIpc) is 2.59. The van der Waals surface area contributed by atoms with Gasteiger partial charge in [0.2, 0.25) is 0 Å². The zero-order valence-electron chi connectivity index (χ0n) is 11.3. The van der Waals surface area contributed by atoms with E-state index in [4.69, 9.17) is 0 Å². The van der Waals surface area contributed by atoms with Crippen LogP contribution in [0.15, 0.2) is 42.5 Å². The smallest absolute Gasteiger partial charge is 0.170 e. The van der Waals surface area contributed by atoms with Crippen LogP contribution in [0.3, 0.4) is 0 Å². The molecule has 1 aliphatic heterocycles. The van der Waals surface area contributed by atoms with Gasteiger partial charge >= 0.3 is 0 Å². The Balaban J connectivity index is 2.01. The van der Waals surface area contributed by atoms with Gasteiger partial charge in [0.25, 0.3) is 0 Å². The molecular formula is C18H18N+. The van der Waals surface area contributed by atoms with Crippen LogP contribution in [0.4, 0.5) is 0 Å². The van der Waals surface area contributed by atoms with E-state index in [-0.39, 0.29) is 0 Å². The summed E-state index contributed by atoms with van der Waals surface area (Å²) in [5.74, 6) is 0.542. The van der Waals surface area contributed by atoms with Gasteiger partial charge in [0.1, 0.15) is 7.05 Å². The van der Waals surface area contributed by atoms with Crippen molar-refractivity contribution in [2.45, 2.75) is 18.8 Å². The van der Waals surface area contributed by atoms with Crippen LogP contribution in [0, 0.1) is 0 Å². The molecule has 2 aliphatic rings. The Kier molecular flexibility index (Phi) is 2.34. The van der Waals surface area contributed by atoms with Crippen molar-refractivity contribution < 1.29 is 4.58 Å². The SMILES string of the molecule is C[N+]1=Cc2cccc3c2C(C1)c1ccccc1CC3. The van der Waals surface area contributed by atoms with Crippen LogP contribution < -0.4 is 0 Å². The van der Waals surface area contributed by atoms with Crippen molar-refractivity contribution in [2.75, 3.05) is 13.6 Å². The second kappa shape index (κ2) is 4.06. The summed E-state index contributed by atoms with van der Waals surface area (Å²) in [6.07, 6.45) is 4.64. The normalized spacial score (nSPS) is 20.1. The minimum absolute atomic E-state index is 0.542. The second-order valence-electron chi connectivity index (χ2n) is 5.74. The predicted molar refractivity (Wildman–Crippen MR) is 78.4 cm³/mol. The quantitative estimate of drug-likeness (QED) is 0.631. The molecule has 1 unspecified atom stereocenters. The number of aryl methyl sites for hydroxylation is 2. The Labute approximate surface area is 114 Å². The van der Waals surface area contributed by atoms with E-state index in [0.717, 1.165) is 6.54 Å². The molecule has 1 aliphatic carbocycles. The zero-order chi connectivity index (χ0) is 12.8. The standard InChI is InChI=1S/C18H18N/c1-19-11-15-7-4-6-14-10-9-13-5-2-3-8-16(13)17(12-19)18(14)15/h2-8,11,17H,9-10,12H2,1H3/q+1. The van der Waals surface area contributed by atoms with Crippen molar-refractivity contribution in [3.8, 4) is 0 Å². The fourth-order valence-electron chi connectivity index (χ4n) is 3.68. The number of likely N-dealkylation sites (N-methyl/N-ethyl adjacent to an activating group) is 1. The highest BCUT2D eigenvalue weighted by Crippen LogP contribution is 2.37. The van der Waals surface area contributed by atoms with Gasteiger partial charge in [-0.15, -0.1) is 0 Å². The van der Waals surface area contributed by atoms with Gasteiger partial charge in [-0.3, -0.25) is 0 Å². The van der Waals surface area contributed by atoms with Gasteiger partial charge in [0.15, 0.2) is 12.8 Å². The highest BCUT2D eigenvalue weighted by Gasteiger charge is 2.31. The summed E-state index contributed by atoms with van der Waals surface area (Å²) in [6, 6.07) is 15.8. The third-order valence-electron chi connectivity index (χ3n) is 4.50. The second-order valence-corrected chi connectivity index (χ2v) is 5.74. The van der Waals surface area contributed by atoms with Crippen molar-refractivity contribution in [3.63, 3.8) is 0 Å². The van der Waals surface area contributed by atoms with Gasteiger partial charge in [-0.25, -0.2) is 4.58 Å². The first kappa shape index (κ1) is 11.0. The molecule has 94 valence electrons. The molecule has 0 radical (unpaired) electrons. The Hall–Kier alpha value is -1.89. The molecular weight excluding hydrogens is 230 g/mol. The van der Waals surface area contributed by atoms with E-state index < -0.39 is 0 Å². The van der Waals surface area contributed by atoms with Crippen molar-refractivity contribution in [3.05, 3.63) is 70.3 Å². The Morgan fingerprint density at radius 1 is 0.947 bits per heavy atom. The van der Waals surface area contributed by atoms with Crippen molar-refractivity contribution >= 4 is 6.21 Å². The molecule has 0 fully saturated rings. The lowest BCUT2D eigenvalue weighted by molar-refractivity contribution is -0.495. The Bertz CT molecular complexity index is 682. The number of hydrogen-bond donors (Lipinski definition) is 0. The molecule has 1 nitrogen and oxygen atoms in total. The van der Waals surface area contributed by atoms with Gasteiger partial charge in [0.05, 0.1) is 5.92 Å². The first-order chi connectivity index (χ1) is 9.33. The van der Waals surface area contributed by atoms with Crippen LogP contribution in [0.2, 0.25) is 0 Å². The number of hydrogen-bond acceptors (Lipinski definition) is 0. The van der Waals surface area contributed by atoms with Crippen molar-refractivity contribution in [1.29, 1.82) is 0 Å². The fourth-order valence-corrected chi connectivity index (χ4v) is 3.68. The molecule has 1 heterocycles. The largest absolute Gasteiger partial charge is 0.237 e. The van der Waals surface area contributed by atoms with Gasteiger partial charge in [-0.2, -0.15) is 0 Å². The summed E-state index contributed by atoms with van der Waals surface area (Å²) in [5.41, 5.74) is 7.60. The summed E-state index contributed by atoms with van der Waals surface area (Å²) in [6.45, 7) is 1.10. The third-order valence-corrected chi connectivity index (χ3v) is 4.50.